The number of carbonyl (C=O) groups excluding carboxylic acids is 1. The number of nitrogens with two attached hydrogens (primary N) is 1. The van der Waals surface area contributed by atoms with Crippen molar-refractivity contribution in [1.82, 2.24) is 0 Å². The summed E-state index contributed by atoms with van der Waals surface area (Å²) in [6.07, 6.45) is 0. The molecule has 146 valence electrons. The van der Waals surface area contributed by atoms with E-state index in [1.165, 1.54) is 12.1 Å². The molecule has 4 nitrogen and oxygen atoms in total. The van der Waals surface area contributed by atoms with Gasteiger partial charge in [-0.3, -0.25) is 9.79 Å². The van der Waals surface area contributed by atoms with Gasteiger partial charge in [0.25, 0.3) is 0 Å². The Hall–Kier alpha value is -3.31. The largest absolute Gasteiger partial charge is 0.367 e. The van der Waals surface area contributed by atoms with Crippen LogP contribution in [0.15, 0.2) is 83.9 Å². The molecule has 0 aromatic heterocycles. The lowest BCUT2D eigenvalue weighted by Crippen LogP contribution is -2.52. The highest BCUT2D eigenvalue weighted by molar-refractivity contribution is 6.16. The molecule has 0 saturated heterocycles. The van der Waals surface area contributed by atoms with Crippen LogP contribution in [0.2, 0.25) is 0 Å². The van der Waals surface area contributed by atoms with Crippen molar-refractivity contribution in [1.29, 1.82) is 0 Å². The third-order valence-corrected chi connectivity index (χ3v) is 5.35. The predicted molar refractivity (Wildman–Crippen MR) is 114 cm³/mol. The molecule has 2 unspecified atom stereocenters. The van der Waals surface area contributed by atoms with Gasteiger partial charge in [-0.25, -0.2) is 4.39 Å². The minimum Gasteiger partial charge on any atom is -0.367 e. The van der Waals surface area contributed by atoms with Gasteiger partial charge < -0.3 is 10.6 Å². The van der Waals surface area contributed by atoms with Crippen LogP contribution >= 0.6 is 0 Å². The van der Waals surface area contributed by atoms with Crippen molar-refractivity contribution in [2.45, 2.75) is 12.1 Å². The van der Waals surface area contributed by atoms with E-state index in [-0.39, 0.29) is 11.6 Å². The second-order valence-corrected chi connectivity index (χ2v) is 7.15. The molecule has 5 heteroatoms. The van der Waals surface area contributed by atoms with E-state index in [0.29, 0.717) is 17.8 Å². The summed E-state index contributed by atoms with van der Waals surface area (Å²) in [5.74, 6) is -0.495. The number of benzodiazepines with no additional fused rings is 1. The SMILES string of the molecule is CN1c2cc(F)ccc2C(c2ccccc2)=NCC1C(N)C(=O)c1ccccc1. The Balaban J connectivity index is 1.77. The zero-order chi connectivity index (χ0) is 20.4. The van der Waals surface area contributed by atoms with E-state index < -0.39 is 12.1 Å². The lowest BCUT2D eigenvalue weighted by molar-refractivity contribution is 0.0949. The van der Waals surface area contributed by atoms with Crippen LogP contribution in [0, 0.1) is 5.82 Å². The second kappa shape index (κ2) is 7.97. The number of halogens is 1. The van der Waals surface area contributed by atoms with Crippen molar-refractivity contribution in [3.05, 3.63) is 101 Å². The summed E-state index contributed by atoms with van der Waals surface area (Å²) < 4.78 is 14.1. The average molecular weight is 387 g/mol. The minimum atomic E-state index is -0.794. The normalized spacial score (nSPS) is 17.1. The van der Waals surface area contributed by atoms with Crippen LogP contribution in [0.3, 0.4) is 0 Å². The first kappa shape index (κ1) is 19.0. The molecule has 0 amide bonds. The van der Waals surface area contributed by atoms with Crippen molar-refractivity contribution in [3.8, 4) is 0 Å². The second-order valence-electron chi connectivity index (χ2n) is 7.15. The number of Topliss-reactive ketones (excluding diaryl/α,β-unsaturated/α-hetero) is 1. The molecule has 3 aromatic carbocycles. The predicted octanol–water partition coefficient (Wildman–Crippen LogP) is 3.69. The Morgan fingerprint density at radius 3 is 2.41 bits per heavy atom. The van der Waals surface area contributed by atoms with Crippen LogP contribution in [0.4, 0.5) is 10.1 Å². The Bertz CT molecular complexity index is 1050. The van der Waals surface area contributed by atoms with Crippen molar-refractivity contribution < 1.29 is 9.18 Å². The van der Waals surface area contributed by atoms with E-state index in [9.17, 15) is 9.18 Å². The van der Waals surface area contributed by atoms with E-state index in [1.54, 1.807) is 18.2 Å². The molecule has 2 N–H and O–H groups in total. The fraction of sp³-hybridized carbons (Fsp3) is 0.167. The van der Waals surface area contributed by atoms with Crippen LogP contribution in [-0.4, -0.2) is 37.2 Å². The summed E-state index contributed by atoms with van der Waals surface area (Å²) in [5, 5.41) is 0. The van der Waals surface area contributed by atoms with E-state index >= 15 is 0 Å². The number of anilines is 1. The van der Waals surface area contributed by atoms with Crippen LogP contribution < -0.4 is 10.6 Å². The fourth-order valence-electron chi connectivity index (χ4n) is 3.73. The maximum absolute atomic E-state index is 14.1. The summed E-state index contributed by atoms with van der Waals surface area (Å²) in [6.45, 7) is 0.330. The van der Waals surface area contributed by atoms with Gasteiger partial charge in [-0.05, 0) is 18.2 Å². The molecule has 0 spiro atoms. The van der Waals surface area contributed by atoms with Crippen LogP contribution in [0.1, 0.15) is 21.5 Å². The van der Waals surface area contributed by atoms with Gasteiger partial charge in [0.15, 0.2) is 5.78 Å². The monoisotopic (exact) mass is 387 g/mol. The minimum absolute atomic E-state index is 0.154. The van der Waals surface area contributed by atoms with Crippen molar-refractivity contribution in [2.24, 2.45) is 10.7 Å². The maximum atomic E-state index is 14.1. The van der Waals surface area contributed by atoms with Gasteiger partial charge in [-0.1, -0.05) is 60.7 Å². The molecule has 0 radical (unpaired) electrons. The maximum Gasteiger partial charge on any atom is 0.181 e. The van der Waals surface area contributed by atoms with E-state index in [0.717, 1.165) is 16.8 Å². The zero-order valence-electron chi connectivity index (χ0n) is 16.1. The van der Waals surface area contributed by atoms with Crippen molar-refractivity contribution in [2.75, 3.05) is 18.5 Å². The topological polar surface area (TPSA) is 58.7 Å². The van der Waals surface area contributed by atoms with Gasteiger partial charge >= 0.3 is 0 Å². The van der Waals surface area contributed by atoms with Crippen LogP contribution in [0.5, 0.6) is 0 Å². The Morgan fingerprint density at radius 2 is 1.72 bits per heavy atom. The number of hydrogen-bond acceptors (Lipinski definition) is 4. The molecule has 0 bridgehead atoms. The average Bonchev–Trinajstić information content (AvgIpc) is 2.90. The van der Waals surface area contributed by atoms with Crippen LogP contribution in [0.25, 0.3) is 0 Å². The first-order valence-corrected chi connectivity index (χ1v) is 9.53. The molecule has 0 aliphatic carbocycles. The lowest BCUT2D eigenvalue weighted by atomic mass is 9.97. The number of nitrogens with zero attached hydrogens (tertiary/aromatic N) is 2. The van der Waals surface area contributed by atoms with Gasteiger partial charge in [0, 0.05) is 29.4 Å². The highest BCUT2D eigenvalue weighted by Gasteiger charge is 2.32. The molecule has 1 aliphatic rings. The van der Waals surface area contributed by atoms with Crippen molar-refractivity contribution >= 4 is 17.2 Å². The molecule has 3 aromatic rings. The third kappa shape index (κ3) is 3.69. The molecular formula is C24H22FN3O. The van der Waals surface area contributed by atoms with Gasteiger partial charge in [-0.2, -0.15) is 0 Å². The van der Waals surface area contributed by atoms with Crippen LogP contribution in [-0.2, 0) is 0 Å². The Morgan fingerprint density at radius 1 is 1.07 bits per heavy atom. The molecule has 1 aliphatic heterocycles. The van der Waals surface area contributed by atoms with E-state index in [2.05, 4.69) is 0 Å². The Kier molecular flexibility index (Phi) is 5.23. The zero-order valence-corrected chi connectivity index (χ0v) is 16.1. The first-order valence-electron chi connectivity index (χ1n) is 9.53. The van der Waals surface area contributed by atoms with E-state index in [1.807, 2.05) is 60.5 Å². The number of benzene rings is 3. The first-order chi connectivity index (χ1) is 14.1. The standard InChI is InChI=1S/C24H22FN3O/c1-28-20-14-18(25)12-13-19(20)23(16-8-4-2-5-9-16)27-15-21(28)22(26)24(29)17-10-6-3-7-11-17/h2-14,21-22H,15,26H2,1H3. The number of likely N-dealkylation sites (N-methyl/N-ethyl adjacent to an activating group) is 1. The number of ketones is 1. The molecule has 4 rings (SSSR count). The summed E-state index contributed by atoms with van der Waals surface area (Å²) in [7, 11) is 1.84. The molecule has 0 fully saturated rings. The number of carbonyl (C=O) groups is 1. The highest BCUT2D eigenvalue weighted by Crippen LogP contribution is 2.29. The summed E-state index contributed by atoms with van der Waals surface area (Å²) in [4.78, 5) is 19.7. The van der Waals surface area contributed by atoms with Gasteiger partial charge in [0.2, 0.25) is 0 Å². The number of fused-ring (bicyclic) bond motifs is 1. The summed E-state index contributed by atoms with van der Waals surface area (Å²) in [6, 6.07) is 22.2. The number of rotatable bonds is 4. The quantitative estimate of drug-likeness (QED) is 0.695. The fourth-order valence-corrected chi connectivity index (χ4v) is 3.73. The Labute approximate surface area is 169 Å². The van der Waals surface area contributed by atoms with Gasteiger partial charge in [-0.15, -0.1) is 0 Å². The molecule has 0 saturated carbocycles. The molecule has 1 heterocycles. The van der Waals surface area contributed by atoms with Gasteiger partial charge in [0.1, 0.15) is 5.82 Å². The lowest BCUT2D eigenvalue weighted by Gasteiger charge is -2.32. The van der Waals surface area contributed by atoms with Crippen molar-refractivity contribution in [3.63, 3.8) is 0 Å². The summed E-state index contributed by atoms with van der Waals surface area (Å²) in [5.41, 5.74) is 10.2. The molecule has 2 atom stereocenters. The number of hydrogen-bond donors (Lipinski definition) is 1. The molecular weight excluding hydrogens is 365 g/mol. The highest BCUT2D eigenvalue weighted by atomic mass is 19.1. The van der Waals surface area contributed by atoms with Gasteiger partial charge in [0.05, 0.1) is 24.3 Å². The van der Waals surface area contributed by atoms with E-state index in [4.69, 9.17) is 10.7 Å². The summed E-state index contributed by atoms with van der Waals surface area (Å²) >= 11 is 0. The molecule has 29 heavy (non-hydrogen) atoms. The smallest absolute Gasteiger partial charge is 0.181 e. The third-order valence-electron chi connectivity index (χ3n) is 5.35. The number of aliphatic imine (C=N–C) groups is 1.